The van der Waals surface area contributed by atoms with Crippen LogP contribution in [-0.2, 0) is 0 Å². The second-order valence-corrected chi connectivity index (χ2v) is 8.25. The van der Waals surface area contributed by atoms with E-state index in [1.807, 2.05) is 0 Å². The summed E-state index contributed by atoms with van der Waals surface area (Å²) in [4.78, 5) is 44.1. The SMILES string of the molecule is COc1cc2nccc(Oc3ccc(NC(=O)Oc4c[nH]c(=O)n(-c5ccc(F)cc5)c4=O)cc3)c2cc1OC. The van der Waals surface area contributed by atoms with Crippen molar-refractivity contribution >= 4 is 22.7 Å². The maximum atomic E-state index is 13.2. The van der Waals surface area contributed by atoms with E-state index in [9.17, 15) is 18.8 Å². The van der Waals surface area contributed by atoms with Crippen molar-refractivity contribution in [1.29, 1.82) is 0 Å². The van der Waals surface area contributed by atoms with Gasteiger partial charge in [-0.3, -0.25) is 15.1 Å². The minimum atomic E-state index is -0.968. The lowest BCUT2D eigenvalue weighted by molar-refractivity contribution is 0.214. The lowest BCUT2D eigenvalue weighted by atomic mass is 10.2. The third kappa shape index (κ3) is 5.31. The molecule has 5 aromatic rings. The summed E-state index contributed by atoms with van der Waals surface area (Å²) >= 11 is 0. The number of nitrogens with zero attached hydrogens (tertiary/aromatic N) is 2. The summed E-state index contributed by atoms with van der Waals surface area (Å²) < 4.78 is 35.8. The molecule has 0 bridgehead atoms. The molecule has 2 N–H and O–H groups in total. The van der Waals surface area contributed by atoms with Crippen LogP contribution in [0.4, 0.5) is 14.9 Å². The summed E-state index contributed by atoms with van der Waals surface area (Å²) in [6.07, 6.45) is 1.62. The topological polar surface area (TPSA) is 134 Å². The number of anilines is 1. The summed E-state index contributed by atoms with van der Waals surface area (Å²) in [7, 11) is 3.08. The maximum absolute atomic E-state index is 13.2. The monoisotopic (exact) mass is 544 g/mol. The van der Waals surface area contributed by atoms with Crippen molar-refractivity contribution in [2.24, 2.45) is 0 Å². The van der Waals surface area contributed by atoms with Crippen LogP contribution in [0.25, 0.3) is 16.6 Å². The smallest absolute Gasteiger partial charge is 0.417 e. The number of ether oxygens (including phenoxy) is 4. The fraction of sp³-hybridized carbons (Fsp3) is 0.0714. The van der Waals surface area contributed by atoms with E-state index in [0.29, 0.717) is 39.6 Å². The van der Waals surface area contributed by atoms with E-state index >= 15 is 0 Å². The number of benzene rings is 3. The van der Waals surface area contributed by atoms with Crippen molar-refractivity contribution in [3.05, 3.63) is 106 Å². The molecule has 0 aliphatic rings. The van der Waals surface area contributed by atoms with Crippen LogP contribution >= 0.6 is 0 Å². The summed E-state index contributed by atoms with van der Waals surface area (Å²) in [6.45, 7) is 0. The molecule has 0 aliphatic carbocycles. The molecule has 1 amide bonds. The molecule has 0 atom stereocenters. The van der Waals surface area contributed by atoms with Crippen molar-refractivity contribution in [3.63, 3.8) is 0 Å². The Labute approximate surface area is 225 Å². The van der Waals surface area contributed by atoms with Crippen molar-refractivity contribution < 1.29 is 28.1 Å². The first kappa shape index (κ1) is 26.0. The number of carbonyl (C=O) groups excluding carboxylic acids is 1. The first-order valence-electron chi connectivity index (χ1n) is 11.7. The molecular formula is C28H21FN4O7. The van der Waals surface area contributed by atoms with Crippen molar-refractivity contribution in [3.8, 4) is 34.4 Å². The average Bonchev–Trinajstić information content (AvgIpc) is 2.96. The molecule has 12 heteroatoms. The highest BCUT2D eigenvalue weighted by molar-refractivity contribution is 5.88. The van der Waals surface area contributed by atoms with Crippen molar-refractivity contribution in [2.75, 3.05) is 19.5 Å². The molecule has 0 saturated carbocycles. The third-order valence-electron chi connectivity index (χ3n) is 5.77. The minimum absolute atomic E-state index is 0.105. The van der Waals surface area contributed by atoms with E-state index < -0.39 is 28.9 Å². The molecule has 2 heterocycles. The molecule has 0 aliphatic heterocycles. The predicted octanol–water partition coefficient (Wildman–Crippen LogP) is 4.63. The van der Waals surface area contributed by atoms with Gasteiger partial charge in [0.05, 0.1) is 31.6 Å². The zero-order valence-corrected chi connectivity index (χ0v) is 21.1. The third-order valence-corrected chi connectivity index (χ3v) is 5.77. The zero-order valence-electron chi connectivity index (χ0n) is 21.1. The number of hydrogen-bond donors (Lipinski definition) is 2. The van der Waals surface area contributed by atoms with E-state index in [0.717, 1.165) is 22.9 Å². The number of aromatic nitrogens is 3. The largest absolute Gasteiger partial charge is 0.493 e. The van der Waals surface area contributed by atoms with Gasteiger partial charge >= 0.3 is 17.3 Å². The second kappa shape index (κ2) is 11.0. The second-order valence-electron chi connectivity index (χ2n) is 8.25. The molecular weight excluding hydrogens is 523 g/mol. The molecule has 0 spiro atoms. The number of nitrogens with one attached hydrogen (secondary N) is 2. The van der Waals surface area contributed by atoms with E-state index in [2.05, 4.69) is 15.3 Å². The standard InChI is InChI=1S/C28H21FN4O7/c1-37-23-13-20-21(14-24(23)38-2)30-12-11-22(20)39-19-9-5-17(6-10-19)32-28(36)40-25-15-31-27(35)33(26(25)34)18-7-3-16(29)4-8-18/h3-15H,1-2H3,(H,31,35)(H,32,36). The van der Waals surface area contributed by atoms with Gasteiger partial charge in [-0.05, 0) is 60.7 Å². The van der Waals surface area contributed by atoms with Crippen LogP contribution in [0.1, 0.15) is 0 Å². The molecule has 3 aromatic carbocycles. The van der Waals surface area contributed by atoms with Crippen LogP contribution in [0, 0.1) is 5.82 Å². The number of hydrogen-bond acceptors (Lipinski definition) is 8. The number of amides is 1. The number of carbonyl (C=O) groups is 1. The first-order chi connectivity index (χ1) is 19.4. The average molecular weight is 544 g/mol. The molecule has 0 fully saturated rings. The summed E-state index contributed by atoms with van der Waals surface area (Å²) in [5.74, 6) is 1.10. The Balaban J connectivity index is 1.30. The Bertz CT molecular complexity index is 1820. The first-order valence-corrected chi connectivity index (χ1v) is 11.7. The summed E-state index contributed by atoms with van der Waals surface area (Å²) in [5, 5.41) is 3.21. The van der Waals surface area contributed by atoms with Gasteiger partial charge in [-0.1, -0.05) is 0 Å². The Morgan fingerprint density at radius 2 is 1.60 bits per heavy atom. The maximum Gasteiger partial charge on any atom is 0.417 e. The predicted molar refractivity (Wildman–Crippen MR) is 144 cm³/mol. The Hall–Kier alpha value is -5.65. The van der Waals surface area contributed by atoms with Gasteiger partial charge in [0, 0.05) is 23.3 Å². The van der Waals surface area contributed by atoms with Crippen LogP contribution in [0.3, 0.4) is 0 Å². The lowest BCUT2D eigenvalue weighted by Gasteiger charge is -2.13. The van der Waals surface area contributed by atoms with Gasteiger partial charge in [0.25, 0.3) is 0 Å². The summed E-state index contributed by atoms with van der Waals surface area (Å²) in [5.41, 5.74) is -0.565. The van der Waals surface area contributed by atoms with Crippen molar-refractivity contribution in [2.45, 2.75) is 0 Å². The van der Waals surface area contributed by atoms with E-state index in [4.69, 9.17) is 18.9 Å². The quantitative estimate of drug-likeness (QED) is 0.303. The van der Waals surface area contributed by atoms with Crippen LogP contribution in [0.15, 0.2) is 88.7 Å². The van der Waals surface area contributed by atoms with E-state index in [1.165, 1.54) is 19.2 Å². The van der Waals surface area contributed by atoms with Crippen LogP contribution in [-0.4, -0.2) is 34.8 Å². The normalized spacial score (nSPS) is 10.7. The fourth-order valence-electron chi connectivity index (χ4n) is 3.87. The van der Waals surface area contributed by atoms with Crippen LogP contribution in [0.2, 0.25) is 0 Å². The highest BCUT2D eigenvalue weighted by Gasteiger charge is 2.15. The Morgan fingerprint density at radius 1 is 0.900 bits per heavy atom. The number of H-pyrrole nitrogens is 1. The van der Waals surface area contributed by atoms with Gasteiger partial charge in [-0.2, -0.15) is 0 Å². The molecule has 2 aromatic heterocycles. The lowest BCUT2D eigenvalue weighted by Crippen LogP contribution is -2.35. The molecule has 202 valence electrons. The van der Waals surface area contributed by atoms with Crippen molar-refractivity contribution in [1.82, 2.24) is 14.5 Å². The van der Waals surface area contributed by atoms with Gasteiger partial charge in [0.15, 0.2) is 11.5 Å². The molecule has 0 unspecified atom stereocenters. The number of pyridine rings is 1. The van der Waals surface area contributed by atoms with Gasteiger partial charge in [-0.15, -0.1) is 0 Å². The molecule has 0 saturated heterocycles. The molecule has 11 nitrogen and oxygen atoms in total. The Morgan fingerprint density at radius 3 is 2.30 bits per heavy atom. The molecule has 5 rings (SSSR count). The Kier molecular flexibility index (Phi) is 7.14. The zero-order chi connectivity index (χ0) is 28.2. The highest BCUT2D eigenvalue weighted by atomic mass is 19.1. The van der Waals surface area contributed by atoms with E-state index in [1.54, 1.807) is 55.8 Å². The number of rotatable bonds is 7. The number of halogens is 1. The van der Waals surface area contributed by atoms with Gasteiger partial charge in [0.2, 0.25) is 5.75 Å². The van der Waals surface area contributed by atoms with Gasteiger partial charge < -0.3 is 23.9 Å². The molecule has 0 radical (unpaired) electrons. The van der Waals surface area contributed by atoms with Gasteiger partial charge in [-0.25, -0.2) is 18.5 Å². The number of methoxy groups -OCH3 is 2. The number of fused-ring (bicyclic) bond motifs is 1. The van der Waals surface area contributed by atoms with E-state index in [-0.39, 0.29) is 5.69 Å². The molecule has 40 heavy (non-hydrogen) atoms. The van der Waals surface area contributed by atoms with Gasteiger partial charge in [0.1, 0.15) is 17.3 Å². The van der Waals surface area contributed by atoms with Crippen LogP contribution < -0.4 is 35.5 Å². The number of aromatic amines is 1. The fourth-order valence-corrected chi connectivity index (χ4v) is 3.87. The highest BCUT2D eigenvalue weighted by Crippen LogP contribution is 2.37. The minimum Gasteiger partial charge on any atom is -0.493 e. The van der Waals surface area contributed by atoms with Crippen LogP contribution in [0.5, 0.6) is 28.7 Å². The summed E-state index contributed by atoms with van der Waals surface area (Å²) in [6, 6.07) is 16.3.